The number of imide groups is 1. The summed E-state index contributed by atoms with van der Waals surface area (Å²) in [5.41, 5.74) is 0.973. The van der Waals surface area contributed by atoms with Gasteiger partial charge in [0.05, 0.1) is 18.4 Å². The van der Waals surface area contributed by atoms with Crippen LogP contribution in [0.15, 0.2) is 65.3 Å². The van der Waals surface area contributed by atoms with E-state index in [1.54, 1.807) is 36.2 Å². The number of anilines is 2. The van der Waals surface area contributed by atoms with Gasteiger partial charge in [0.2, 0.25) is 0 Å². The van der Waals surface area contributed by atoms with Crippen LogP contribution in [0, 0.1) is 0 Å². The number of para-hydroxylation sites is 2. The summed E-state index contributed by atoms with van der Waals surface area (Å²) in [5, 5.41) is -0.207. The molecule has 2 aromatic carbocycles. The van der Waals surface area contributed by atoms with Crippen LogP contribution in [0.4, 0.5) is 11.4 Å². The van der Waals surface area contributed by atoms with E-state index in [2.05, 4.69) is 0 Å². The lowest BCUT2D eigenvalue weighted by Crippen LogP contribution is -2.35. The highest BCUT2D eigenvalue weighted by Crippen LogP contribution is 2.34. The molecule has 0 saturated heterocycles. The van der Waals surface area contributed by atoms with Crippen LogP contribution >= 0.6 is 11.6 Å². The van der Waals surface area contributed by atoms with E-state index < -0.39 is 17.8 Å². The van der Waals surface area contributed by atoms with Gasteiger partial charge in [0.25, 0.3) is 11.8 Å². The highest BCUT2D eigenvalue weighted by atomic mass is 35.5. The van der Waals surface area contributed by atoms with E-state index in [4.69, 9.17) is 16.3 Å². The fourth-order valence-electron chi connectivity index (χ4n) is 2.73. The second-order valence-corrected chi connectivity index (χ2v) is 5.89. The number of benzene rings is 2. The Morgan fingerprint density at radius 1 is 1.00 bits per heavy atom. The zero-order chi connectivity index (χ0) is 18.8. The number of amides is 2. The summed E-state index contributed by atoms with van der Waals surface area (Å²) in [5.74, 6) is -1.95. The van der Waals surface area contributed by atoms with Crippen LogP contribution in [-0.2, 0) is 14.3 Å². The van der Waals surface area contributed by atoms with Gasteiger partial charge in [-0.1, -0.05) is 41.9 Å². The van der Waals surface area contributed by atoms with Crippen LogP contribution in [0.2, 0.25) is 0 Å². The first-order chi connectivity index (χ1) is 12.5. The summed E-state index contributed by atoms with van der Waals surface area (Å²) in [6, 6.07) is 15.3. The first-order valence-electron chi connectivity index (χ1n) is 7.72. The zero-order valence-corrected chi connectivity index (χ0v) is 14.9. The molecule has 1 aliphatic rings. The lowest BCUT2D eigenvalue weighted by atomic mass is 10.1. The fraction of sp³-hybridized carbons (Fsp3) is 0.105. The minimum absolute atomic E-state index is 0.0440. The molecule has 3 rings (SSSR count). The summed E-state index contributed by atoms with van der Waals surface area (Å²) < 4.78 is 4.73. The molecule has 2 aromatic rings. The number of likely N-dealkylation sites (N-methyl/N-ethyl adjacent to an activating group) is 1. The standard InChI is InChI=1S/C19H15ClN2O4/c1-21(12-8-4-3-5-9-12)16-15(20)17(23)22(18(16)24)14-11-7-6-10-13(14)19(25)26-2/h3-11H,1-2H3. The van der Waals surface area contributed by atoms with E-state index in [-0.39, 0.29) is 22.0 Å². The van der Waals surface area contributed by atoms with Crippen molar-refractivity contribution in [3.63, 3.8) is 0 Å². The number of hydrogen-bond acceptors (Lipinski definition) is 5. The monoisotopic (exact) mass is 370 g/mol. The van der Waals surface area contributed by atoms with Gasteiger partial charge in [-0.2, -0.15) is 0 Å². The molecule has 2 amide bonds. The molecule has 132 valence electrons. The van der Waals surface area contributed by atoms with Gasteiger partial charge in [-0.05, 0) is 24.3 Å². The fourth-order valence-corrected chi connectivity index (χ4v) is 3.02. The number of ether oxygens (including phenoxy) is 1. The van der Waals surface area contributed by atoms with Gasteiger partial charge in [-0.25, -0.2) is 9.69 Å². The molecule has 0 saturated carbocycles. The second-order valence-electron chi connectivity index (χ2n) is 5.51. The van der Waals surface area contributed by atoms with Crippen molar-refractivity contribution in [3.8, 4) is 0 Å². The third kappa shape index (κ3) is 2.84. The molecule has 0 fully saturated rings. The van der Waals surface area contributed by atoms with Crippen LogP contribution in [0.5, 0.6) is 0 Å². The van der Waals surface area contributed by atoms with Crippen molar-refractivity contribution in [1.82, 2.24) is 0 Å². The number of carbonyl (C=O) groups is 3. The first kappa shape index (κ1) is 17.7. The van der Waals surface area contributed by atoms with Gasteiger partial charge in [-0.3, -0.25) is 9.59 Å². The first-order valence-corrected chi connectivity index (χ1v) is 8.09. The van der Waals surface area contributed by atoms with Crippen molar-refractivity contribution in [2.75, 3.05) is 24.0 Å². The van der Waals surface area contributed by atoms with E-state index in [1.165, 1.54) is 19.2 Å². The molecular weight excluding hydrogens is 356 g/mol. The number of carbonyl (C=O) groups excluding carboxylic acids is 3. The minimum Gasteiger partial charge on any atom is -0.465 e. The van der Waals surface area contributed by atoms with Gasteiger partial charge in [0.1, 0.15) is 10.7 Å². The van der Waals surface area contributed by atoms with Gasteiger partial charge in [-0.15, -0.1) is 0 Å². The van der Waals surface area contributed by atoms with Gasteiger partial charge in [0.15, 0.2) is 0 Å². The van der Waals surface area contributed by atoms with Crippen LogP contribution in [0.3, 0.4) is 0 Å². The molecule has 1 aliphatic heterocycles. The zero-order valence-electron chi connectivity index (χ0n) is 14.1. The van der Waals surface area contributed by atoms with Crippen LogP contribution in [0.25, 0.3) is 0 Å². The smallest absolute Gasteiger partial charge is 0.339 e. The summed E-state index contributed by atoms with van der Waals surface area (Å²) in [6.07, 6.45) is 0. The molecule has 0 radical (unpaired) electrons. The molecule has 0 bridgehead atoms. The molecule has 0 aromatic heterocycles. The van der Waals surface area contributed by atoms with E-state index in [1.807, 2.05) is 18.2 Å². The molecule has 26 heavy (non-hydrogen) atoms. The molecule has 0 atom stereocenters. The summed E-state index contributed by atoms with van der Waals surface area (Å²) in [6.45, 7) is 0. The largest absolute Gasteiger partial charge is 0.465 e. The van der Waals surface area contributed by atoms with Crippen molar-refractivity contribution in [1.29, 1.82) is 0 Å². The quantitative estimate of drug-likeness (QED) is 0.611. The predicted molar refractivity (Wildman–Crippen MR) is 98.0 cm³/mol. The maximum atomic E-state index is 13.0. The number of halogens is 1. The SMILES string of the molecule is COC(=O)c1ccccc1N1C(=O)C(Cl)=C(N(C)c2ccccc2)C1=O. The van der Waals surface area contributed by atoms with Gasteiger partial charge < -0.3 is 9.64 Å². The maximum absolute atomic E-state index is 13.0. The molecule has 0 spiro atoms. The van der Waals surface area contributed by atoms with E-state index in [0.717, 1.165) is 4.90 Å². The number of nitrogens with zero attached hydrogens (tertiary/aromatic N) is 2. The van der Waals surface area contributed by atoms with Crippen molar-refractivity contribution in [3.05, 3.63) is 70.9 Å². The van der Waals surface area contributed by atoms with E-state index >= 15 is 0 Å². The Hall–Kier alpha value is -3.12. The van der Waals surface area contributed by atoms with Gasteiger partial charge >= 0.3 is 5.97 Å². The van der Waals surface area contributed by atoms with Crippen molar-refractivity contribution in [2.24, 2.45) is 0 Å². The Morgan fingerprint density at radius 3 is 2.27 bits per heavy atom. The van der Waals surface area contributed by atoms with Crippen molar-refractivity contribution >= 4 is 40.8 Å². The van der Waals surface area contributed by atoms with E-state index in [9.17, 15) is 14.4 Å². The highest BCUT2D eigenvalue weighted by Gasteiger charge is 2.42. The normalized spacial score (nSPS) is 14.0. The molecular formula is C19H15ClN2O4. The lowest BCUT2D eigenvalue weighted by Gasteiger charge is -2.22. The third-order valence-electron chi connectivity index (χ3n) is 4.03. The number of hydrogen-bond donors (Lipinski definition) is 0. The Balaban J connectivity index is 2.04. The highest BCUT2D eigenvalue weighted by molar-refractivity contribution is 6.53. The second kappa shape index (κ2) is 7.01. The van der Waals surface area contributed by atoms with Crippen molar-refractivity contribution in [2.45, 2.75) is 0 Å². The Morgan fingerprint density at radius 2 is 1.62 bits per heavy atom. The minimum atomic E-state index is -0.689. The van der Waals surface area contributed by atoms with Gasteiger partial charge in [0, 0.05) is 12.7 Å². The number of methoxy groups -OCH3 is 1. The van der Waals surface area contributed by atoms with Crippen molar-refractivity contribution < 1.29 is 19.1 Å². The predicted octanol–water partition coefficient (Wildman–Crippen LogP) is 2.93. The lowest BCUT2D eigenvalue weighted by molar-refractivity contribution is -0.120. The molecule has 0 unspecified atom stereocenters. The molecule has 1 heterocycles. The Labute approximate surface area is 155 Å². The summed E-state index contributed by atoms with van der Waals surface area (Å²) in [4.78, 5) is 40.1. The molecule has 7 heteroatoms. The Bertz CT molecular complexity index is 924. The summed E-state index contributed by atoms with van der Waals surface area (Å²) in [7, 11) is 2.88. The van der Waals surface area contributed by atoms with Crippen LogP contribution < -0.4 is 9.80 Å². The molecule has 0 aliphatic carbocycles. The average molecular weight is 371 g/mol. The number of esters is 1. The Kier molecular flexibility index (Phi) is 4.77. The molecule has 6 nitrogen and oxygen atoms in total. The maximum Gasteiger partial charge on any atom is 0.339 e. The summed E-state index contributed by atoms with van der Waals surface area (Å²) >= 11 is 6.19. The van der Waals surface area contributed by atoms with E-state index in [0.29, 0.717) is 5.69 Å². The van der Waals surface area contributed by atoms with Crippen LogP contribution in [-0.4, -0.2) is 31.9 Å². The third-order valence-corrected chi connectivity index (χ3v) is 4.37. The molecule has 0 N–H and O–H groups in total. The van der Waals surface area contributed by atoms with Crippen LogP contribution in [0.1, 0.15) is 10.4 Å². The average Bonchev–Trinajstić information content (AvgIpc) is 2.90. The topological polar surface area (TPSA) is 66.9 Å². The number of rotatable bonds is 4.